The molecular formula is C20H34ClNO4Si. The van der Waals surface area contributed by atoms with Crippen molar-refractivity contribution in [2.45, 2.75) is 77.7 Å². The van der Waals surface area contributed by atoms with Crippen molar-refractivity contribution >= 4 is 26.0 Å². The van der Waals surface area contributed by atoms with Gasteiger partial charge in [0.05, 0.1) is 12.6 Å². The molecule has 0 saturated heterocycles. The second-order valence-corrected chi connectivity index (χ2v) is 14.5. The van der Waals surface area contributed by atoms with Gasteiger partial charge in [0.15, 0.2) is 0 Å². The largest absolute Gasteiger partial charge is 0.543 e. The van der Waals surface area contributed by atoms with Gasteiger partial charge >= 0.3 is 6.09 Å². The van der Waals surface area contributed by atoms with Gasteiger partial charge in [-0.15, -0.1) is 0 Å². The number of nitrogens with one attached hydrogen (secondary N) is 1. The predicted molar refractivity (Wildman–Crippen MR) is 113 cm³/mol. The minimum atomic E-state index is -1.94. The second-order valence-electron chi connectivity index (χ2n) is 9.35. The SMILES string of the molecule is CC(C)(C)OC(=O)N[C@H](CO)Cc1ccc(O[Si](C)(C)C(C)(C)C)cc1Cl. The normalized spacial score (nSPS) is 13.9. The number of aliphatic hydroxyl groups is 1. The van der Waals surface area contributed by atoms with E-state index < -0.39 is 26.1 Å². The Morgan fingerprint density at radius 3 is 2.26 bits per heavy atom. The number of aliphatic hydroxyl groups excluding tert-OH is 1. The van der Waals surface area contributed by atoms with Gasteiger partial charge in [-0.1, -0.05) is 38.4 Å². The lowest BCUT2D eigenvalue weighted by Gasteiger charge is -2.36. The van der Waals surface area contributed by atoms with Gasteiger partial charge in [0.25, 0.3) is 0 Å². The lowest BCUT2D eigenvalue weighted by Crippen LogP contribution is -2.43. The van der Waals surface area contributed by atoms with Crippen LogP contribution in [0.1, 0.15) is 47.1 Å². The zero-order valence-corrected chi connectivity index (χ0v) is 19.5. The van der Waals surface area contributed by atoms with Gasteiger partial charge in [0, 0.05) is 5.02 Å². The maximum Gasteiger partial charge on any atom is 0.407 e. The molecule has 0 aromatic heterocycles. The lowest BCUT2D eigenvalue weighted by atomic mass is 10.1. The number of halogens is 1. The monoisotopic (exact) mass is 415 g/mol. The molecule has 0 aliphatic rings. The van der Waals surface area contributed by atoms with Crippen LogP contribution in [0.5, 0.6) is 5.75 Å². The lowest BCUT2D eigenvalue weighted by molar-refractivity contribution is 0.0483. The van der Waals surface area contributed by atoms with Gasteiger partial charge in [0.2, 0.25) is 8.32 Å². The number of rotatable bonds is 6. The molecule has 1 aromatic carbocycles. The van der Waals surface area contributed by atoms with E-state index in [2.05, 4.69) is 39.2 Å². The summed E-state index contributed by atoms with van der Waals surface area (Å²) in [6.07, 6.45) is -0.162. The van der Waals surface area contributed by atoms with Crippen LogP contribution in [0.4, 0.5) is 4.79 Å². The van der Waals surface area contributed by atoms with Crippen LogP contribution < -0.4 is 9.74 Å². The minimum absolute atomic E-state index is 0.0947. The fourth-order valence-electron chi connectivity index (χ4n) is 2.11. The third-order valence-corrected chi connectivity index (χ3v) is 9.32. The van der Waals surface area contributed by atoms with Gasteiger partial charge in [-0.3, -0.25) is 0 Å². The van der Waals surface area contributed by atoms with Crippen LogP contribution in [-0.2, 0) is 11.2 Å². The Morgan fingerprint density at radius 1 is 1.22 bits per heavy atom. The molecule has 7 heteroatoms. The van der Waals surface area contributed by atoms with E-state index in [4.69, 9.17) is 20.8 Å². The molecule has 5 nitrogen and oxygen atoms in total. The summed E-state index contributed by atoms with van der Waals surface area (Å²) in [4.78, 5) is 11.9. The summed E-state index contributed by atoms with van der Waals surface area (Å²) in [5, 5.41) is 12.9. The summed E-state index contributed by atoms with van der Waals surface area (Å²) in [5.74, 6) is 0.746. The maximum absolute atomic E-state index is 11.9. The summed E-state index contributed by atoms with van der Waals surface area (Å²) in [6, 6.07) is 5.09. The van der Waals surface area contributed by atoms with Crippen molar-refractivity contribution in [3.8, 4) is 5.75 Å². The molecule has 0 aliphatic heterocycles. The highest BCUT2D eigenvalue weighted by Crippen LogP contribution is 2.38. The van der Waals surface area contributed by atoms with Crippen LogP contribution in [0.2, 0.25) is 23.2 Å². The topological polar surface area (TPSA) is 67.8 Å². The number of benzene rings is 1. The molecule has 27 heavy (non-hydrogen) atoms. The number of hydrogen-bond acceptors (Lipinski definition) is 4. The summed E-state index contributed by atoms with van der Waals surface area (Å²) in [6.45, 7) is 16.1. The van der Waals surface area contributed by atoms with Gasteiger partial charge in [0.1, 0.15) is 11.4 Å². The fraction of sp³-hybridized carbons (Fsp3) is 0.650. The molecule has 1 aromatic rings. The first-order chi connectivity index (χ1) is 12.1. The quantitative estimate of drug-likeness (QED) is 0.630. The molecule has 1 amide bonds. The molecule has 0 heterocycles. The van der Waals surface area contributed by atoms with Crippen molar-refractivity contribution in [1.29, 1.82) is 0 Å². The summed E-state index contributed by atoms with van der Waals surface area (Å²) >= 11 is 6.43. The van der Waals surface area contributed by atoms with E-state index in [0.29, 0.717) is 11.4 Å². The van der Waals surface area contributed by atoms with E-state index in [0.717, 1.165) is 11.3 Å². The molecule has 0 bridgehead atoms. The summed E-state index contributed by atoms with van der Waals surface area (Å²) in [7, 11) is -1.94. The van der Waals surface area contributed by atoms with E-state index >= 15 is 0 Å². The maximum atomic E-state index is 11.9. The van der Waals surface area contributed by atoms with E-state index in [1.54, 1.807) is 26.8 Å². The summed E-state index contributed by atoms with van der Waals surface area (Å²) in [5.41, 5.74) is 0.235. The predicted octanol–water partition coefficient (Wildman–Crippen LogP) is 5.15. The Kier molecular flexibility index (Phi) is 7.79. The molecule has 0 radical (unpaired) electrons. The number of carbonyl (C=O) groups is 1. The molecule has 0 aliphatic carbocycles. The fourth-order valence-corrected chi connectivity index (χ4v) is 3.38. The molecule has 2 N–H and O–H groups in total. The van der Waals surface area contributed by atoms with Gasteiger partial charge in [-0.05, 0) is 63.0 Å². The van der Waals surface area contributed by atoms with Crippen molar-refractivity contribution in [2.75, 3.05) is 6.61 Å². The molecule has 154 valence electrons. The Labute approximate surface area is 169 Å². The van der Waals surface area contributed by atoms with E-state index in [1.807, 2.05) is 12.1 Å². The van der Waals surface area contributed by atoms with E-state index in [9.17, 15) is 9.90 Å². The highest BCUT2D eigenvalue weighted by Gasteiger charge is 2.39. The molecule has 0 unspecified atom stereocenters. The number of ether oxygens (including phenoxy) is 1. The minimum Gasteiger partial charge on any atom is -0.543 e. The van der Waals surface area contributed by atoms with Crippen molar-refractivity contribution in [2.24, 2.45) is 0 Å². The average Bonchev–Trinajstić information content (AvgIpc) is 2.45. The Bertz CT molecular complexity index is 650. The van der Waals surface area contributed by atoms with Crippen LogP contribution in [0, 0.1) is 0 Å². The first kappa shape index (κ1) is 23.8. The third kappa shape index (κ3) is 7.72. The zero-order valence-electron chi connectivity index (χ0n) is 17.8. The third-order valence-electron chi connectivity index (χ3n) is 4.61. The van der Waals surface area contributed by atoms with Crippen LogP contribution in [0.15, 0.2) is 18.2 Å². The first-order valence-corrected chi connectivity index (χ1v) is 12.5. The van der Waals surface area contributed by atoms with Crippen LogP contribution in [0.3, 0.4) is 0 Å². The standard InChI is InChI=1S/C20H34ClNO4Si/c1-19(2,3)25-18(24)22-15(13-23)11-14-9-10-16(12-17(14)21)26-27(7,8)20(4,5)6/h9-10,12,15,23H,11,13H2,1-8H3,(H,22,24)/t15-/m0/s1. The van der Waals surface area contributed by atoms with Gasteiger partial charge in [-0.25, -0.2) is 4.79 Å². The molecule has 1 rings (SSSR count). The molecule has 1 atom stereocenters. The average molecular weight is 416 g/mol. The summed E-state index contributed by atoms with van der Waals surface area (Å²) < 4.78 is 11.5. The van der Waals surface area contributed by atoms with E-state index in [-0.39, 0.29) is 11.6 Å². The van der Waals surface area contributed by atoms with E-state index in [1.165, 1.54) is 0 Å². The van der Waals surface area contributed by atoms with Crippen LogP contribution >= 0.6 is 11.6 Å². The van der Waals surface area contributed by atoms with Gasteiger partial charge < -0.3 is 19.6 Å². The Balaban J connectivity index is 2.82. The smallest absolute Gasteiger partial charge is 0.407 e. The number of alkyl carbamates (subject to hydrolysis) is 1. The molecule has 0 fully saturated rings. The van der Waals surface area contributed by atoms with Crippen molar-refractivity contribution < 1.29 is 19.1 Å². The highest BCUT2D eigenvalue weighted by molar-refractivity contribution is 6.74. The van der Waals surface area contributed by atoms with Crippen molar-refractivity contribution in [3.05, 3.63) is 28.8 Å². The van der Waals surface area contributed by atoms with Gasteiger partial charge in [-0.2, -0.15) is 0 Å². The first-order valence-electron chi connectivity index (χ1n) is 9.22. The molecular weight excluding hydrogens is 382 g/mol. The zero-order chi connectivity index (χ0) is 21.0. The highest BCUT2D eigenvalue weighted by atomic mass is 35.5. The van der Waals surface area contributed by atoms with Crippen LogP contribution in [-0.4, -0.2) is 37.8 Å². The van der Waals surface area contributed by atoms with Crippen LogP contribution in [0.25, 0.3) is 0 Å². The number of amides is 1. The van der Waals surface area contributed by atoms with Crippen molar-refractivity contribution in [3.63, 3.8) is 0 Å². The number of carbonyl (C=O) groups excluding carboxylic acids is 1. The molecule has 0 spiro atoms. The second kappa shape index (κ2) is 8.84. The Morgan fingerprint density at radius 2 is 1.81 bits per heavy atom. The Hall–Kier alpha value is -1.24. The molecule has 0 saturated carbocycles. The van der Waals surface area contributed by atoms with Crippen molar-refractivity contribution in [1.82, 2.24) is 5.32 Å². The number of hydrogen-bond donors (Lipinski definition) is 2.